The van der Waals surface area contributed by atoms with Crippen LogP contribution in [0.2, 0.25) is 0 Å². The van der Waals surface area contributed by atoms with Gasteiger partial charge in [-0.2, -0.15) is 0 Å². The van der Waals surface area contributed by atoms with Crippen molar-refractivity contribution in [3.63, 3.8) is 0 Å². The van der Waals surface area contributed by atoms with Gasteiger partial charge in [0.25, 0.3) is 0 Å². The molecule has 0 spiro atoms. The van der Waals surface area contributed by atoms with Crippen LogP contribution in [0.4, 0.5) is 0 Å². The summed E-state index contributed by atoms with van der Waals surface area (Å²) in [5, 5.41) is 0. The number of allylic oxidation sites excluding steroid dienone is 1. The molecule has 0 aromatic rings. The zero-order chi connectivity index (χ0) is 10.3. The van der Waals surface area contributed by atoms with Crippen LogP contribution in [-0.2, 0) is 0 Å². The molecule has 0 amide bonds. The Labute approximate surface area is 95.5 Å². The third kappa shape index (κ3) is 7.16. The first-order valence-corrected chi connectivity index (χ1v) is 5.16. The lowest BCUT2D eigenvalue weighted by Crippen LogP contribution is -3.00. The lowest BCUT2D eigenvalue weighted by molar-refractivity contribution is -0.878. The van der Waals surface area contributed by atoms with Crippen molar-refractivity contribution in [3.8, 4) is 0 Å². The normalized spacial score (nSPS) is 10.3. The Morgan fingerprint density at radius 2 is 1.64 bits per heavy atom. The second-order valence-corrected chi connectivity index (χ2v) is 4.16. The van der Waals surface area contributed by atoms with Crippen LogP contribution in [0.25, 0.3) is 0 Å². The molecule has 1 nitrogen and oxygen atoms in total. The average molecular weight is 218 g/mol. The molecule has 0 atom stereocenters. The van der Waals surface area contributed by atoms with E-state index in [0.717, 1.165) is 17.6 Å². The Morgan fingerprint density at radius 3 is 2.00 bits per heavy atom. The first-order chi connectivity index (χ1) is 6.05. The van der Waals surface area contributed by atoms with Gasteiger partial charge in [-0.1, -0.05) is 26.0 Å². The first kappa shape index (κ1) is 16.2. The number of nitrogens with zero attached hydrogens (tertiary/aromatic N) is 1. The minimum atomic E-state index is 0. The molecule has 14 heavy (non-hydrogen) atoms. The van der Waals surface area contributed by atoms with Gasteiger partial charge in [0, 0.05) is 0 Å². The van der Waals surface area contributed by atoms with E-state index in [4.69, 9.17) is 0 Å². The molecule has 0 heterocycles. The third-order valence-electron chi connectivity index (χ3n) is 2.41. The summed E-state index contributed by atoms with van der Waals surface area (Å²) in [6.45, 7) is 10.4. The SMILES string of the molecule is C=CC[N+](C)(C)CC=C(CC)CC.[Cl-]. The van der Waals surface area contributed by atoms with Crippen LogP contribution < -0.4 is 12.4 Å². The molecule has 0 unspecified atom stereocenters. The average Bonchev–Trinajstić information content (AvgIpc) is 2.06. The fourth-order valence-electron chi connectivity index (χ4n) is 1.34. The fraction of sp³-hybridized carbons (Fsp3) is 0.667. The lowest BCUT2D eigenvalue weighted by Gasteiger charge is -2.27. The van der Waals surface area contributed by atoms with Crippen LogP contribution in [0, 0.1) is 0 Å². The smallest absolute Gasteiger partial charge is 0.0974 e. The van der Waals surface area contributed by atoms with Crippen LogP contribution in [0.3, 0.4) is 0 Å². The molecule has 0 saturated carbocycles. The van der Waals surface area contributed by atoms with Gasteiger partial charge >= 0.3 is 0 Å². The lowest BCUT2D eigenvalue weighted by atomic mass is 10.1. The molecule has 0 aliphatic rings. The molecule has 84 valence electrons. The Hall–Kier alpha value is -0.270. The zero-order valence-electron chi connectivity index (χ0n) is 10.0. The molecule has 0 aromatic carbocycles. The van der Waals surface area contributed by atoms with E-state index in [1.807, 2.05) is 6.08 Å². The minimum Gasteiger partial charge on any atom is -1.00 e. The van der Waals surface area contributed by atoms with E-state index in [1.165, 1.54) is 12.8 Å². The maximum Gasteiger partial charge on any atom is 0.0974 e. The van der Waals surface area contributed by atoms with Gasteiger partial charge in [-0.25, -0.2) is 0 Å². The number of quaternary nitrogens is 1. The maximum absolute atomic E-state index is 3.78. The summed E-state index contributed by atoms with van der Waals surface area (Å²) in [7, 11) is 4.47. The molecule has 0 saturated heterocycles. The first-order valence-electron chi connectivity index (χ1n) is 5.16. The molecule has 0 fully saturated rings. The number of hydrogen-bond donors (Lipinski definition) is 0. The molecule has 2 heteroatoms. The molecule has 0 rings (SSSR count). The molecular weight excluding hydrogens is 194 g/mol. The van der Waals surface area contributed by atoms with E-state index in [2.05, 4.69) is 40.6 Å². The van der Waals surface area contributed by atoms with Gasteiger partial charge in [0.15, 0.2) is 0 Å². The van der Waals surface area contributed by atoms with Gasteiger partial charge < -0.3 is 16.9 Å². The van der Waals surface area contributed by atoms with Crippen molar-refractivity contribution in [3.05, 3.63) is 24.3 Å². The van der Waals surface area contributed by atoms with Crippen LogP contribution >= 0.6 is 0 Å². The molecule has 0 N–H and O–H groups in total. The van der Waals surface area contributed by atoms with Crippen molar-refractivity contribution in [2.75, 3.05) is 27.2 Å². The summed E-state index contributed by atoms with van der Waals surface area (Å²) in [5.74, 6) is 0. The Morgan fingerprint density at radius 1 is 1.14 bits per heavy atom. The number of likely N-dealkylation sites (N-methyl/N-ethyl adjacent to an activating group) is 1. The van der Waals surface area contributed by atoms with Gasteiger partial charge in [0.2, 0.25) is 0 Å². The van der Waals surface area contributed by atoms with Crippen molar-refractivity contribution in [1.82, 2.24) is 0 Å². The zero-order valence-corrected chi connectivity index (χ0v) is 10.8. The van der Waals surface area contributed by atoms with Crippen molar-refractivity contribution < 1.29 is 16.9 Å². The summed E-state index contributed by atoms with van der Waals surface area (Å²) in [6, 6.07) is 0. The Kier molecular flexibility index (Phi) is 9.32. The number of halogens is 1. The van der Waals surface area contributed by atoms with Crippen molar-refractivity contribution in [2.24, 2.45) is 0 Å². The highest BCUT2D eigenvalue weighted by molar-refractivity contribution is 5.00. The Bertz CT molecular complexity index is 177. The summed E-state index contributed by atoms with van der Waals surface area (Å²) < 4.78 is 1.01. The quantitative estimate of drug-likeness (QED) is 0.434. The molecule has 0 aliphatic carbocycles. The van der Waals surface area contributed by atoms with Gasteiger partial charge in [-0.15, -0.1) is 0 Å². The van der Waals surface area contributed by atoms with Crippen molar-refractivity contribution in [1.29, 1.82) is 0 Å². The van der Waals surface area contributed by atoms with Gasteiger partial charge in [0.1, 0.15) is 0 Å². The van der Waals surface area contributed by atoms with E-state index in [0.29, 0.717) is 0 Å². The molecule has 0 radical (unpaired) electrons. The van der Waals surface area contributed by atoms with Gasteiger partial charge in [0.05, 0.1) is 27.2 Å². The summed E-state index contributed by atoms with van der Waals surface area (Å²) in [6.07, 6.45) is 6.74. The monoisotopic (exact) mass is 217 g/mol. The summed E-state index contributed by atoms with van der Waals surface area (Å²) in [5.41, 5.74) is 1.57. The van der Waals surface area contributed by atoms with Crippen LogP contribution in [0.5, 0.6) is 0 Å². The highest BCUT2D eigenvalue weighted by atomic mass is 35.5. The third-order valence-corrected chi connectivity index (χ3v) is 2.41. The summed E-state index contributed by atoms with van der Waals surface area (Å²) in [4.78, 5) is 0. The predicted molar refractivity (Wildman–Crippen MR) is 60.7 cm³/mol. The largest absolute Gasteiger partial charge is 1.00 e. The minimum absolute atomic E-state index is 0. The molecular formula is C12H24ClN. The van der Waals surface area contributed by atoms with Crippen LogP contribution in [0.1, 0.15) is 26.7 Å². The van der Waals surface area contributed by atoms with E-state index < -0.39 is 0 Å². The second kappa shape index (κ2) is 8.07. The topological polar surface area (TPSA) is 0 Å². The highest BCUT2D eigenvalue weighted by Crippen LogP contribution is 2.07. The van der Waals surface area contributed by atoms with E-state index in [-0.39, 0.29) is 12.4 Å². The number of rotatable bonds is 6. The second-order valence-electron chi connectivity index (χ2n) is 4.16. The number of hydrogen-bond acceptors (Lipinski definition) is 0. The maximum atomic E-state index is 3.78. The van der Waals surface area contributed by atoms with Gasteiger partial charge in [-0.3, -0.25) is 0 Å². The molecule has 0 aromatic heterocycles. The van der Waals surface area contributed by atoms with E-state index in [1.54, 1.807) is 5.57 Å². The molecule has 0 aliphatic heterocycles. The summed E-state index contributed by atoms with van der Waals surface area (Å²) >= 11 is 0. The van der Waals surface area contributed by atoms with Crippen LogP contribution in [-0.4, -0.2) is 31.7 Å². The van der Waals surface area contributed by atoms with Crippen molar-refractivity contribution in [2.45, 2.75) is 26.7 Å². The standard InChI is InChI=1S/C12H24N.ClH/c1-6-10-13(4,5)11-9-12(7-2)8-3;/h6,9H,1,7-8,10-11H2,2-5H3;1H/q+1;/p-1. The molecule has 0 bridgehead atoms. The Balaban J connectivity index is 0. The van der Waals surface area contributed by atoms with E-state index >= 15 is 0 Å². The fourth-order valence-corrected chi connectivity index (χ4v) is 1.34. The van der Waals surface area contributed by atoms with Crippen LogP contribution in [0.15, 0.2) is 24.3 Å². The highest BCUT2D eigenvalue weighted by Gasteiger charge is 2.09. The van der Waals surface area contributed by atoms with E-state index in [9.17, 15) is 0 Å². The van der Waals surface area contributed by atoms with Crippen molar-refractivity contribution >= 4 is 0 Å². The predicted octanol–water partition coefficient (Wildman–Crippen LogP) is -0.000800. The van der Waals surface area contributed by atoms with Gasteiger partial charge in [-0.05, 0) is 25.0 Å².